The van der Waals surface area contributed by atoms with Crippen LogP contribution in [-0.2, 0) is 0 Å². The lowest BCUT2D eigenvalue weighted by atomic mass is 10.2. The lowest BCUT2D eigenvalue weighted by molar-refractivity contribution is 0.271. The zero-order valence-corrected chi connectivity index (χ0v) is 18.6. The number of nitrogens with one attached hydrogen (secondary N) is 2. The molecule has 0 amide bonds. The van der Waals surface area contributed by atoms with E-state index in [1.807, 2.05) is 48.5 Å². The van der Waals surface area contributed by atoms with E-state index in [9.17, 15) is 0 Å². The Morgan fingerprint density at radius 2 is 1.73 bits per heavy atom. The van der Waals surface area contributed by atoms with Gasteiger partial charge in [-0.3, -0.25) is 5.10 Å². The Balaban J connectivity index is 1.31. The van der Waals surface area contributed by atoms with Crippen molar-refractivity contribution in [3.8, 4) is 23.0 Å². The zero-order chi connectivity index (χ0) is 22.2. The van der Waals surface area contributed by atoms with Crippen LogP contribution in [-0.4, -0.2) is 57.8 Å². The summed E-state index contributed by atoms with van der Waals surface area (Å²) in [6, 6.07) is 22.2. The van der Waals surface area contributed by atoms with Crippen LogP contribution in [0.25, 0.3) is 33.5 Å². The summed E-state index contributed by atoms with van der Waals surface area (Å²) in [5.41, 5.74) is 4.93. The highest BCUT2D eigenvalue weighted by atomic mass is 16.5. The van der Waals surface area contributed by atoms with Crippen molar-refractivity contribution in [2.24, 2.45) is 0 Å². The topological polar surface area (TPSA) is 73.1 Å². The number of anilines is 1. The third-order valence-electron chi connectivity index (χ3n) is 6.39. The summed E-state index contributed by atoms with van der Waals surface area (Å²) in [5.74, 6) is 2.32. The van der Waals surface area contributed by atoms with Gasteiger partial charge < -0.3 is 19.5 Å². The van der Waals surface area contributed by atoms with Crippen molar-refractivity contribution in [3.05, 3.63) is 66.7 Å². The van der Waals surface area contributed by atoms with E-state index in [-0.39, 0.29) is 0 Å². The Bertz CT molecular complexity index is 1400. The van der Waals surface area contributed by atoms with Gasteiger partial charge in [-0.2, -0.15) is 5.10 Å². The molecule has 3 heterocycles. The van der Waals surface area contributed by atoms with E-state index in [1.54, 1.807) is 0 Å². The highest BCUT2D eigenvalue weighted by Gasteiger charge is 2.18. The fourth-order valence-electron chi connectivity index (χ4n) is 4.49. The van der Waals surface area contributed by atoms with E-state index >= 15 is 0 Å². The number of para-hydroxylation sites is 1. The predicted molar refractivity (Wildman–Crippen MR) is 132 cm³/mol. The van der Waals surface area contributed by atoms with Gasteiger partial charge in [-0.25, -0.2) is 4.98 Å². The molecule has 2 N–H and O–H groups in total. The lowest BCUT2D eigenvalue weighted by Crippen LogP contribution is -2.46. The van der Waals surface area contributed by atoms with Crippen LogP contribution in [0.3, 0.4) is 0 Å². The number of nitrogens with zero attached hydrogens (tertiary/aromatic N) is 4. The van der Waals surface area contributed by atoms with Crippen LogP contribution in [0.1, 0.15) is 6.92 Å². The number of benzene rings is 3. The molecular formula is C26H26N6O. The van der Waals surface area contributed by atoms with E-state index < -0.39 is 0 Å². The molecule has 2 aromatic heterocycles. The van der Waals surface area contributed by atoms with E-state index in [0.717, 1.165) is 77.7 Å². The molecule has 166 valence electrons. The van der Waals surface area contributed by atoms with Crippen LogP contribution in [0.5, 0.6) is 11.5 Å². The molecule has 0 unspecified atom stereocenters. The van der Waals surface area contributed by atoms with Crippen LogP contribution in [0.2, 0.25) is 0 Å². The van der Waals surface area contributed by atoms with Crippen LogP contribution < -0.4 is 9.64 Å². The molecule has 1 aliphatic rings. The van der Waals surface area contributed by atoms with Crippen molar-refractivity contribution in [1.82, 2.24) is 25.1 Å². The van der Waals surface area contributed by atoms with E-state index in [2.05, 4.69) is 50.1 Å². The first kappa shape index (κ1) is 19.8. The van der Waals surface area contributed by atoms with Crippen molar-refractivity contribution in [2.45, 2.75) is 6.92 Å². The summed E-state index contributed by atoms with van der Waals surface area (Å²) in [6.45, 7) is 7.66. The standard InChI is InChI=1S/C26H26N6O/c1-2-31-12-14-32(15-13-31)18-8-10-23-24(16-18)28-26(27-23)25-21-17-20(9-11-22(21)29-30-25)33-19-6-4-3-5-7-19/h3-11,16-17H,2,12-15H2,1H3,(H,27,28)(H,29,30). The summed E-state index contributed by atoms with van der Waals surface area (Å²) >= 11 is 0. The first-order valence-corrected chi connectivity index (χ1v) is 11.5. The van der Waals surface area contributed by atoms with Crippen molar-refractivity contribution < 1.29 is 4.74 Å². The molecule has 1 fully saturated rings. The highest BCUT2D eigenvalue weighted by molar-refractivity contribution is 5.94. The zero-order valence-electron chi connectivity index (χ0n) is 18.6. The van der Waals surface area contributed by atoms with Crippen LogP contribution in [0.15, 0.2) is 66.7 Å². The number of hydrogen-bond donors (Lipinski definition) is 2. The van der Waals surface area contributed by atoms with Gasteiger partial charge in [0, 0.05) is 37.3 Å². The predicted octanol–water partition coefficient (Wildman–Crippen LogP) is 5.04. The maximum Gasteiger partial charge on any atom is 0.159 e. The first-order valence-electron chi connectivity index (χ1n) is 11.5. The van der Waals surface area contributed by atoms with Crippen molar-refractivity contribution in [1.29, 1.82) is 0 Å². The monoisotopic (exact) mass is 438 g/mol. The summed E-state index contributed by atoms with van der Waals surface area (Å²) in [7, 11) is 0. The molecule has 33 heavy (non-hydrogen) atoms. The van der Waals surface area contributed by atoms with Crippen LogP contribution in [0.4, 0.5) is 5.69 Å². The fraction of sp³-hybridized carbons (Fsp3) is 0.231. The number of likely N-dealkylation sites (N-methyl/N-ethyl adjacent to an activating group) is 1. The van der Waals surface area contributed by atoms with Gasteiger partial charge >= 0.3 is 0 Å². The van der Waals surface area contributed by atoms with E-state index in [4.69, 9.17) is 9.72 Å². The Hall–Kier alpha value is -3.84. The second-order valence-corrected chi connectivity index (χ2v) is 8.40. The number of imidazole rings is 1. The molecule has 0 aliphatic carbocycles. The second kappa shape index (κ2) is 8.26. The van der Waals surface area contributed by atoms with Crippen LogP contribution in [0, 0.1) is 0 Å². The minimum atomic E-state index is 0.751. The Kier molecular flexibility index (Phi) is 4.96. The van der Waals surface area contributed by atoms with Gasteiger partial charge in [0.1, 0.15) is 17.2 Å². The molecule has 1 saturated heterocycles. The SMILES string of the molecule is CCN1CCN(c2ccc3nc(-c4n[nH]c5ccc(Oc6ccccc6)cc45)[nH]c3c2)CC1. The Morgan fingerprint density at radius 1 is 0.879 bits per heavy atom. The quantitative estimate of drug-likeness (QED) is 0.402. The molecular weight excluding hydrogens is 412 g/mol. The summed E-state index contributed by atoms with van der Waals surface area (Å²) in [4.78, 5) is 13.2. The molecule has 5 aromatic rings. The molecule has 6 rings (SSSR count). The summed E-state index contributed by atoms with van der Waals surface area (Å²) in [6.07, 6.45) is 0. The Morgan fingerprint density at radius 3 is 2.55 bits per heavy atom. The fourth-order valence-corrected chi connectivity index (χ4v) is 4.49. The van der Waals surface area contributed by atoms with Crippen molar-refractivity contribution in [2.75, 3.05) is 37.6 Å². The first-order chi connectivity index (χ1) is 16.3. The molecule has 0 radical (unpaired) electrons. The van der Waals surface area contributed by atoms with Crippen molar-refractivity contribution >= 4 is 27.6 Å². The molecule has 0 spiro atoms. The Labute approximate surface area is 192 Å². The number of H-pyrrole nitrogens is 2. The van der Waals surface area contributed by atoms with Gasteiger partial charge in [0.2, 0.25) is 0 Å². The highest BCUT2D eigenvalue weighted by Crippen LogP contribution is 2.31. The average Bonchev–Trinajstić information content (AvgIpc) is 3.48. The van der Waals surface area contributed by atoms with Crippen LogP contribution >= 0.6 is 0 Å². The molecule has 7 nitrogen and oxygen atoms in total. The largest absolute Gasteiger partial charge is 0.457 e. The molecule has 0 saturated carbocycles. The van der Waals surface area contributed by atoms with Crippen molar-refractivity contribution in [3.63, 3.8) is 0 Å². The third-order valence-corrected chi connectivity index (χ3v) is 6.39. The van der Waals surface area contributed by atoms with Gasteiger partial charge in [0.25, 0.3) is 0 Å². The maximum absolute atomic E-state index is 6.02. The molecule has 0 bridgehead atoms. The normalized spacial score (nSPS) is 14.9. The summed E-state index contributed by atoms with van der Waals surface area (Å²) in [5, 5.41) is 8.64. The number of piperazine rings is 1. The van der Waals surface area contributed by atoms with Gasteiger partial charge in [-0.1, -0.05) is 25.1 Å². The second-order valence-electron chi connectivity index (χ2n) is 8.40. The van der Waals surface area contributed by atoms with E-state index in [1.165, 1.54) is 5.69 Å². The maximum atomic E-state index is 6.02. The minimum Gasteiger partial charge on any atom is -0.457 e. The lowest BCUT2D eigenvalue weighted by Gasteiger charge is -2.35. The molecule has 3 aromatic carbocycles. The number of aromatic amines is 2. The van der Waals surface area contributed by atoms with Gasteiger partial charge in [0.15, 0.2) is 5.82 Å². The van der Waals surface area contributed by atoms with Gasteiger partial charge in [-0.15, -0.1) is 0 Å². The number of hydrogen-bond acceptors (Lipinski definition) is 5. The number of aromatic nitrogens is 4. The minimum absolute atomic E-state index is 0.751. The smallest absolute Gasteiger partial charge is 0.159 e. The van der Waals surface area contributed by atoms with E-state index in [0.29, 0.717) is 0 Å². The number of fused-ring (bicyclic) bond motifs is 2. The van der Waals surface area contributed by atoms with Gasteiger partial charge in [0.05, 0.1) is 16.6 Å². The summed E-state index contributed by atoms with van der Waals surface area (Å²) < 4.78 is 6.02. The molecule has 0 atom stereocenters. The third kappa shape index (κ3) is 3.81. The number of ether oxygens (including phenoxy) is 1. The molecule has 7 heteroatoms. The average molecular weight is 439 g/mol. The number of rotatable bonds is 5. The van der Waals surface area contributed by atoms with Gasteiger partial charge in [-0.05, 0) is 55.1 Å². The molecule has 1 aliphatic heterocycles.